The van der Waals surface area contributed by atoms with E-state index in [0.717, 1.165) is 37.9 Å². The van der Waals surface area contributed by atoms with Gasteiger partial charge < -0.3 is 31.0 Å². The van der Waals surface area contributed by atoms with E-state index in [9.17, 15) is 9.59 Å². The summed E-state index contributed by atoms with van der Waals surface area (Å²) in [4.78, 5) is 38.3. The number of ether oxygens (including phenoxy) is 1. The van der Waals surface area contributed by atoms with Crippen LogP contribution in [0, 0.1) is 0 Å². The molecule has 3 heterocycles. The van der Waals surface area contributed by atoms with Crippen LogP contribution in [0.25, 0.3) is 11.0 Å². The number of nitrogens with zero attached hydrogens (tertiary/aromatic N) is 5. The molecule has 35 heavy (non-hydrogen) atoms. The topological polar surface area (TPSA) is 145 Å². The van der Waals surface area contributed by atoms with Crippen molar-refractivity contribution in [3.63, 3.8) is 0 Å². The highest BCUT2D eigenvalue weighted by atomic mass is 16.5. The number of benzene rings is 1. The molecule has 3 aromatic rings. The molecule has 0 spiro atoms. The largest absolute Gasteiger partial charge is 0.494 e. The van der Waals surface area contributed by atoms with Crippen molar-refractivity contribution in [1.29, 1.82) is 0 Å². The van der Waals surface area contributed by atoms with Gasteiger partial charge in [-0.2, -0.15) is 4.98 Å². The molecule has 2 fully saturated rings. The third kappa shape index (κ3) is 4.23. The Hall–Kier alpha value is -3.86. The fourth-order valence-corrected chi connectivity index (χ4v) is 4.74. The van der Waals surface area contributed by atoms with Gasteiger partial charge in [0, 0.05) is 56.7 Å². The van der Waals surface area contributed by atoms with Crippen LogP contribution in [0.1, 0.15) is 30.1 Å². The van der Waals surface area contributed by atoms with Gasteiger partial charge in [0.25, 0.3) is 5.91 Å². The van der Waals surface area contributed by atoms with Gasteiger partial charge in [-0.15, -0.1) is 0 Å². The van der Waals surface area contributed by atoms with E-state index in [-0.39, 0.29) is 22.7 Å². The number of nitrogen functional groups attached to an aromatic ring is 1. The van der Waals surface area contributed by atoms with Gasteiger partial charge in [-0.25, -0.2) is 4.98 Å². The quantitative estimate of drug-likeness (QED) is 0.460. The summed E-state index contributed by atoms with van der Waals surface area (Å²) in [7, 11) is 1.62. The lowest BCUT2D eigenvalue weighted by molar-refractivity contribution is 0.1000. The number of aryl methyl sites for hydroxylation is 1. The number of hydrogen-bond donors (Lipinski definition) is 3. The number of nitrogens with one attached hydrogen (secondary N) is 1. The lowest BCUT2D eigenvalue weighted by Crippen LogP contribution is -2.47. The van der Waals surface area contributed by atoms with E-state index in [1.807, 2.05) is 19.1 Å². The normalized spacial score (nSPS) is 16.5. The molecule has 11 heteroatoms. The van der Waals surface area contributed by atoms with Gasteiger partial charge in [0.05, 0.1) is 18.2 Å². The van der Waals surface area contributed by atoms with Crippen molar-refractivity contribution >= 4 is 40.1 Å². The van der Waals surface area contributed by atoms with E-state index < -0.39 is 11.3 Å². The number of fused-ring (bicyclic) bond motifs is 1. The molecule has 1 saturated heterocycles. The number of hydrogen-bond acceptors (Lipinski definition) is 9. The minimum Gasteiger partial charge on any atom is -0.494 e. The number of methoxy groups -OCH3 is 1. The van der Waals surface area contributed by atoms with E-state index in [1.54, 1.807) is 11.7 Å². The zero-order chi connectivity index (χ0) is 24.7. The third-order valence-electron chi connectivity index (χ3n) is 6.78. The summed E-state index contributed by atoms with van der Waals surface area (Å²) in [5, 5.41) is 3.36. The molecule has 0 unspecified atom stereocenters. The van der Waals surface area contributed by atoms with Gasteiger partial charge >= 0.3 is 0 Å². The van der Waals surface area contributed by atoms with Gasteiger partial charge in [-0.05, 0) is 31.9 Å². The predicted molar refractivity (Wildman–Crippen MR) is 135 cm³/mol. The number of amides is 1. The first-order chi connectivity index (χ1) is 16.9. The Balaban J connectivity index is 1.42. The summed E-state index contributed by atoms with van der Waals surface area (Å²) in [5.41, 5.74) is 12.7. The molecule has 5 rings (SSSR count). The second kappa shape index (κ2) is 9.06. The molecule has 2 aromatic heterocycles. The SMILES string of the molecule is CCn1c(N)c(C(N)=O)c(=O)c2cnc(Nc3ccc(N4CCN(C5CC5)CC4)cc3OC)nc21. The second-order valence-corrected chi connectivity index (χ2v) is 8.89. The van der Waals surface area contributed by atoms with Crippen LogP contribution in [-0.2, 0) is 6.54 Å². The summed E-state index contributed by atoms with van der Waals surface area (Å²) < 4.78 is 7.22. The first-order valence-corrected chi connectivity index (χ1v) is 11.8. The molecule has 0 radical (unpaired) electrons. The van der Waals surface area contributed by atoms with Crippen LogP contribution in [0.2, 0.25) is 0 Å². The van der Waals surface area contributed by atoms with Crippen molar-refractivity contribution < 1.29 is 9.53 Å². The molecular formula is C24H30N8O3. The highest BCUT2D eigenvalue weighted by Gasteiger charge is 2.31. The fourth-order valence-electron chi connectivity index (χ4n) is 4.74. The fraction of sp³-hybridized carbons (Fsp3) is 0.417. The summed E-state index contributed by atoms with van der Waals surface area (Å²) in [6, 6.07) is 6.79. The van der Waals surface area contributed by atoms with Crippen molar-refractivity contribution in [2.75, 3.05) is 49.2 Å². The number of anilines is 4. The van der Waals surface area contributed by atoms with E-state index in [1.165, 1.54) is 19.0 Å². The number of piperazine rings is 1. The highest BCUT2D eigenvalue weighted by Crippen LogP contribution is 2.33. The van der Waals surface area contributed by atoms with Crippen molar-refractivity contribution in [2.24, 2.45) is 5.73 Å². The summed E-state index contributed by atoms with van der Waals surface area (Å²) in [6.07, 6.45) is 4.04. The van der Waals surface area contributed by atoms with Crippen LogP contribution < -0.4 is 31.8 Å². The van der Waals surface area contributed by atoms with Crippen molar-refractivity contribution in [1.82, 2.24) is 19.4 Å². The molecule has 1 aliphatic heterocycles. The molecule has 1 aromatic carbocycles. The zero-order valence-electron chi connectivity index (χ0n) is 20.0. The number of nitrogens with two attached hydrogens (primary N) is 2. The standard InChI is InChI=1S/C24H30N8O3/c1-3-32-21(25)19(22(26)34)20(33)16-13-27-24(29-23(16)32)28-17-7-6-15(12-18(17)35-2)31-10-8-30(9-11-31)14-4-5-14/h6-7,12-14H,3-5,8-11,25H2,1-2H3,(H2,26,34)(H,27,28,29). The molecule has 11 nitrogen and oxygen atoms in total. The smallest absolute Gasteiger partial charge is 0.256 e. The van der Waals surface area contributed by atoms with Crippen LogP contribution in [0.5, 0.6) is 5.75 Å². The second-order valence-electron chi connectivity index (χ2n) is 8.89. The Labute approximate surface area is 202 Å². The minimum absolute atomic E-state index is 0.00846. The van der Waals surface area contributed by atoms with E-state index in [2.05, 4.69) is 31.2 Å². The molecule has 184 valence electrons. The van der Waals surface area contributed by atoms with Crippen molar-refractivity contribution in [3.05, 3.63) is 40.2 Å². The van der Waals surface area contributed by atoms with Crippen LogP contribution in [0.3, 0.4) is 0 Å². The van der Waals surface area contributed by atoms with Gasteiger partial charge in [0.15, 0.2) is 5.65 Å². The van der Waals surface area contributed by atoms with Crippen LogP contribution in [-0.4, -0.2) is 64.7 Å². The maximum absolute atomic E-state index is 12.8. The van der Waals surface area contributed by atoms with Crippen molar-refractivity contribution in [2.45, 2.75) is 32.4 Å². The lowest BCUT2D eigenvalue weighted by atomic mass is 10.1. The number of carbonyl (C=O) groups is 1. The molecule has 1 aliphatic carbocycles. The van der Waals surface area contributed by atoms with E-state index >= 15 is 0 Å². The summed E-state index contributed by atoms with van der Waals surface area (Å²) in [6.45, 7) is 6.38. The van der Waals surface area contributed by atoms with E-state index in [0.29, 0.717) is 23.6 Å². The zero-order valence-corrected chi connectivity index (χ0v) is 20.0. The average molecular weight is 479 g/mol. The Morgan fingerprint density at radius 2 is 1.97 bits per heavy atom. The Kier molecular flexibility index (Phi) is 5.93. The lowest BCUT2D eigenvalue weighted by Gasteiger charge is -2.36. The number of aromatic nitrogens is 3. The summed E-state index contributed by atoms with van der Waals surface area (Å²) in [5.74, 6) is 0.0464. The Morgan fingerprint density at radius 3 is 2.60 bits per heavy atom. The van der Waals surface area contributed by atoms with Gasteiger partial charge in [0.1, 0.15) is 17.1 Å². The maximum atomic E-state index is 12.8. The molecule has 0 atom stereocenters. The maximum Gasteiger partial charge on any atom is 0.256 e. The van der Waals surface area contributed by atoms with Crippen LogP contribution >= 0.6 is 0 Å². The molecule has 1 saturated carbocycles. The third-order valence-corrected chi connectivity index (χ3v) is 6.78. The Bertz CT molecular complexity index is 1340. The minimum atomic E-state index is -0.877. The number of carbonyl (C=O) groups excluding carboxylic acids is 1. The van der Waals surface area contributed by atoms with E-state index in [4.69, 9.17) is 16.2 Å². The van der Waals surface area contributed by atoms with Gasteiger partial charge in [-0.3, -0.25) is 14.5 Å². The molecular weight excluding hydrogens is 448 g/mol. The van der Waals surface area contributed by atoms with Gasteiger partial charge in [0.2, 0.25) is 11.4 Å². The predicted octanol–water partition coefficient (Wildman–Crippen LogP) is 1.53. The average Bonchev–Trinajstić information content (AvgIpc) is 3.70. The summed E-state index contributed by atoms with van der Waals surface area (Å²) >= 11 is 0. The monoisotopic (exact) mass is 478 g/mol. The number of primary amides is 1. The van der Waals surface area contributed by atoms with Crippen LogP contribution in [0.15, 0.2) is 29.2 Å². The molecule has 0 bridgehead atoms. The van der Waals surface area contributed by atoms with Crippen LogP contribution in [0.4, 0.5) is 23.1 Å². The Morgan fingerprint density at radius 1 is 1.23 bits per heavy atom. The first-order valence-electron chi connectivity index (χ1n) is 11.8. The molecule has 2 aliphatic rings. The number of pyridine rings is 1. The number of rotatable bonds is 7. The van der Waals surface area contributed by atoms with Crippen molar-refractivity contribution in [3.8, 4) is 5.75 Å². The van der Waals surface area contributed by atoms with Gasteiger partial charge in [-0.1, -0.05) is 0 Å². The first kappa shape index (κ1) is 22.9. The highest BCUT2D eigenvalue weighted by molar-refractivity contribution is 6.00. The molecule has 5 N–H and O–H groups in total. The molecule has 1 amide bonds.